The molecular formula is C22H22Cl2N4O2. The molecule has 0 radical (unpaired) electrons. The number of nitrogens with zero attached hydrogens (tertiary/aromatic N) is 3. The summed E-state index contributed by atoms with van der Waals surface area (Å²) in [5.41, 5.74) is 2.64. The number of benzene rings is 2. The molecule has 0 bridgehead atoms. The average Bonchev–Trinajstić information content (AvgIpc) is 3.20. The lowest BCUT2D eigenvalue weighted by atomic mass is 9.96. The maximum atomic E-state index is 12.6. The highest BCUT2D eigenvalue weighted by Gasteiger charge is 2.26. The minimum atomic E-state index is -0.0677. The highest BCUT2D eigenvalue weighted by molar-refractivity contribution is 6.35. The molecule has 1 aliphatic heterocycles. The van der Waals surface area contributed by atoms with E-state index >= 15 is 0 Å². The number of carbonyl (C=O) groups excluding carboxylic acids is 1. The Morgan fingerprint density at radius 2 is 2.00 bits per heavy atom. The Balaban J connectivity index is 1.31. The fourth-order valence-corrected chi connectivity index (χ4v) is 3.93. The predicted molar refractivity (Wildman–Crippen MR) is 118 cm³/mol. The zero-order chi connectivity index (χ0) is 21.1. The van der Waals surface area contributed by atoms with Crippen molar-refractivity contribution in [2.24, 2.45) is 5.92 Å². The molecular weight excluding hydrogens is 423 g/mol. The molecule has 0 aliphatic carbocycles. The number of hydrogen-bond donors (Lipinski definition) is 1. The van der Waals surface area contributed by atoms with Gasteiger partial charge >= 0.3 is 0 Å². The number of aryl methyl sites for hydroxylation is 1. The summed E-state index contributed by atoms with van der Waals surface area (Å²) in [4.78, 5) is 19.4. The minimum Gasteiger partial charge on any atom is -0.338 e. The number of carbonyl (C=O) groups is 1. The van der Waals surface area contributed by atoms with Crippen LogP contribution in [0.25, 0.3) is 11.4 Å². The Hall–Kier alpha value is -2.41. The molecule has 2 heterocycles. The van der Waals surface area contributed by atoms with Crippen LogP contribution in [0.15, 0.2) is 47.0 Å². The lowest BCUT2D eigenvalue weighted by Gasteiger charge is -2.30. The standard InChI is InChI=1S/C22H22Cl2N4O2/c1-14-3-2-4-16(11-14)21-26-20(30-27-21)13-28-9-7-15(8-10-28)22(29)25-19-12-17(23)5-6-18(19)24/h2-6,11-12,15H,7-10,13H2,1H3,(H,25,29). The van der Waals surface area contributed by atoms with Gasteiger partial charge in [-0.1, -0.05) is 52.1 Å². The van der Waals surface area contributed by atoms with E-state index in [0.717, 1.165) is 37.1 Å². The van der Waals surface area contributed by atoms with Crippen molar-refractivity contribution in [2.75, 3.05) is 18.4 Å². The van der Waals surface area contributed by atoms with E-state index in [1.54, 1.807) is 18.2 Å². The molecule has 156 valence electrons. The fraction of sp³-hybridized carbons (Fsp3) is 0.318. The molecule has 30 heavy (non-hydrogen) atoms. The second-order valence-corrected chi connectivity index (χ2v) is 8.39. The van der Waals surface area contributed by atoms with Crippen molar-refractivity contribution in [1.29, 1.82) is 0 Å². The van der Waals surface area contributed by atoms with Gasteiger partial charge in [0.15, 0.2) is 0 Å². The van der Waals surface area contributed by atoms with Gasteiger partial charge in [0.1, 0.15) is 0 Å². The Morgan fingerprint density at radius 1 is 1.20 bits per heavy atom. The van der Waals surface area contributed by atoms with Gasteiger partial charge in [-0.2, -0.15) is 4.98 Å². The summed E-state index contributed by atoms with van der Waals surface area (Å²) < 4.78 is 5.43. The number of nitrogens with one attached hydrogen (secondary N) is 1. The molecule has 1 fully saturated rings. The third-order valence-corrected chi connectivity index (χ3v) is 5.81. The van der Waals surface area contributed by atoms with E-state index in [9.17, 15) is 4.79 Å². The lowest BCUT2D eigenvalue weighted by molar-refractivity contribution is -0.121. The molecule has 1 saturated heterocycles. The molecule has 0 spiro atoms. The first kappa shape index (κ1) is 20.8. The molecule has 8 heteroatoms. The van der Waals surface area contributed by atoms with Gasteiger partial charge in [0.25, 0.3) is 0 Å². The summed E-state index contributed by atoms with van der Waals surface area (Å²) in [7, 11) is 0. The zero-order valence-corrected chi connectivity index (χ0v) is 18.1. The van der Waals surface area contributed by atoms with E-state index < -0.39 is 0 Å². The van der Waals surface area contributed by atoms with Crippen LogP contribution in [0.5, 0.6) is 0 Å². The van der Waals surface area contributed by atoms with Crippen LogP contribution in [0, 0.1) is 12.8 Å². The van der Waals surface area contributed by atoms with Crippen molar-refractivity contribution >= 4 is 34.8 Å². The van der Waals surface area contributed by atoms with Crippen LogP contribution in [0.1, 0.15) is 24.3 Å². The number of hydrogen-bond acceptors (Lipinski definition) is 5. The third kappa shape index (κ3) is 5.01. The Morgan fingerprint density at radius 3 is 2.77 bits per heavy atom. The second kappa shape index (κ2) is 9.16. The van der Waals surface area contributed by atoms with E-state index in [1.807, 2.05) is 31.2 Å². The summed E-state index contributed by atoms with van der Waals surface area (Å²) in [5, 5.41) is 8.01. The summed E-state index contributed by atoms with van der Waals surface area (Å²) >= 11 is 12.1. The predicted octanol–water partition coefficient (Wildman–Crippen LogP) is 5.20. The Kier molecular flexibility index (Phi) is 6.37. The highest BCUT2D eigenvalue weighted by Crippen LogP contribution is 2.27. The maximum absolute atomic E-state index is 12.6. The minimum absolute atomic E-state index is 0.0293. The van der Waals surface area contributed by atoms with Gasteiger partial charge in [-0.05, 0) is 57.1 Å². The third-order valence-electron chi connectivity index (χ3n) is 5.25. The molecule has 1 N–H and O–H groups in total. The van der Waals surface area contributed by atoms with E-state index in [2.05, 4.69) is 20.4 Å². The number of likely N-dealkylation sites (tertiary alicyclic amines) is 1. The van der Waals surface area contributed by atoms with Gasteiger partial charge < -0.3 is 9.84 Å². The molecule has 4 rings (SSSR count). The average molecular weight is 445 g/mol. The number of rotatable bonds is 5. The lowest BCUT2D eigenvalue weighted by Crippen LogP contribution is -2.37. The molecule has 6 nitrogen and oxygen atoms in total. The number of aromatic nitrogens is 2. The summed E-state index contributed by atoms with van der Waals surface area (Å²) in [6, 6.07) is 13.1. The monoisotopic (exact) mass is 444 g/mol. The van der Waals surface area contributed by atoms with Crippen molar-refractivity contribution in [3.05, 3.63) is 64.0 Å². The van der Waals surface area contributed by atoms with E-state index in [1.165, 1.54) is 0 Å². The second-order valence-electron chi connectivity index (χ2n) is 7.55. The maximum Gasteiger partial charge on any atom is 0.241 e. The van der Waals surface area contributed by atoms with Crippen LogP contribution < -0.4 is 5.32 Å². The van der Waals surface area contributed by atoms with Gasteiger partial charge in [-0.15, -0.1) is 0 Å². The molecule has 3 aromatic rings. The van der Waals surface area contributed by atoms with Crippen molar-refractivity contribution in [1.82, 2.24) is 15.0 Å². The van der Waals surface area contributed by atoms with Crippen molar-refractivity contribution in [3.8, 4) is 11.4 Å². The Labute approximate surface area is 185 Å². The van der Waals surface area contributed by atoms with Crippen LogP contribution in [0.2, 0.25) is 10.0 Å². The quantitative estimate of drug-likeness (QED) is 0.585. The number of amides is 1. The molecule has 1 aliphatic rings. The zero-order valence-electron chi connectivity index (χ0n) is 16.6. The number of piperidine rings is 1. The van der Waals surface area contributed by atoms with E-state index in [-0.39, 0.29) is 11.8 Å². The molecule has 0 unspecified atom stereocenters. The molecule has 1 aromatic heterocycles. The highest BCUT2D eigenvalue weighted by atomic mass is 35.5. The smallest absolute Gasteiger partial charge is 0.241 e. The molecule has 0 saturated carbocycles. The first-order valence-corrected chi connectivity index (χ1v) is 10.6. The van der Waals surface area contributed by atoms with Crippen molar-refractivity contribution in [2.45, 2.75) is 26.3 Å². The molecule has 1 amide bonds. The van der Waals surface area contributed by atoms with Gasteiger partial charge in [0, 0.05) is 16.5 Å². The normalized spacial score (nSPS) is 15.3. The summed E-state index contributed by atoms with van der Waals surface area (Å²) in [6.45, 7) is 4.17. The van der Waals surface area contributed by atoms with Crippen LogP contribution >= 0.6 is 23.2 Å². The van der Waals surface area contributed by atoms with Crippen LogP contribution in [0.3, 0.4) is 0 Å². The number of anilines is 1. The summed E-state index contributed by atoms with van der Waals surface area (Å²) in [5.74, 6) is 1.08. The van der Waals surface area contributed by atoms with Gasteiger partial charge in [-0.3, -0.25) is 9.69 Å². The first-order chi connectivity index (χ1) is 14.5. The summed E-state index contributed by atoms with van der Waals surface area (Å²) in [6.07, 6.45) is 1.51. The van der Waals surface area contributed by atoms with E-state index in [0.29, 0.717) is 34.0 Å². The van der Waals surface area contributed by atoms with Gasteiger partial charge in [-0.25, -0.2) is 0 Å². The van der Waals surface area contributed by atoms with E-state index in [4.69, 9.17) is 27.7 Å². The van der Waals surface area contributed by atoms with Crippen molar-refractivity contribution in [3.63, 3.8) is 0 Å². The topological polar surface area (TPSA) is 71.3 Å². The fourth-order valence-electron chi connectivity index (χ4n) is 3.59. The number of halogens is 2. The van der Waals surface area contributed by atoms with Crippen molar-refractivity contribution < 1.29 is 9.32 Å². The van der Waals surface area contributed by atoms with Crippen LogP contribution in [0.4, 0.5) is 5.69 Å². The Bertz CT molecular complexity index is 1050. The molecule has 0 atom stereocenters. The first-order valence-electron chi connectivity index (χ1n) is 9.86. The van der Waals surface area contributed by atoms with Gasteiger partial charge in [0.2, 0.25) is 17.6 Å². The SMILES string of the molecule is Cc1cccc(-c2noc(CN3CCC(C(=O)Nc4cc(Cl)ccc4Cl)CC3)n2)c1. The van der Waals surface area contributed by atoms with Crippen LogP contribution in [-0.4, -0.2) is 34.0 Å². The molecule has 2 aromatic carbocycles. The van der Waals surface area contributed by atoms with Crippen LogP contribution in [-0.2, 0) is 11.3 Å². The van der Waals surface area contributed by atoms with Gasteiger partial charge in [0.05, 0.1) is 17.3 Å². The largest absolute Gasteiger partial charge is 0.338 e.